The predicted molar refractivity (Wildman–Crippen MR) is 133 cm³/mol. The van der Waals surface area contributed by atoms with Gasteiger partial charge in [-0.3, -0.25) is 20.2 Å². The maximum absolute atomic E-state index is 14.5. The number of alkyl halides is 3. The zero-order valence-electron chi connectivity index (χ0n) is 22.2. The van der Waals surface area contributed by atoms with E-state index in [2.05, 4.69) is 5.73 Å². The first-order valence-electron chi connectivity index (χ1n) is 12.7. The SMILES string of the molecule is CCCN(C)Cc1cc(O)c2c(c1C(F)(F)F)C[C@H]1C[C@@H]3C(C(=O)C(C([NH3+])=O)=C(O)[C@H]3N(C)C)C(=O)C1=C2O. The highest BCUT2D eigenvalue weighted by molar-refractivity contribution is 6.27. The molecule has 212 valence electrons. The lowest BCUT2D eigenvalue weighted by molar-refractivity contribution is -0.299. The summed E-state index contributed by atoms with van der Waals surface area (Å²) in [6.07, 6.45) is -4.42. The number of phenols is 1. The number of ketones is 2. The van der Waals surface area contributed by atoms with Crippen LogP contribution in [0.1, 0.15) is 42.0 Å². The molecule has 1 amide bonds. The number of likely N-dealkylation sites (N-methyl/N-ethyl adjacent to an activating group) is 1. The molecule has 0 heterocycles. The van der Waals surface area contributed by atoms with E-state index in [0.29, 0.717) is 13.0 Å². The molecule has 0 spiro atoms. The summed E-state index contributed by atoms with van der Waals surface area (Å²) in [6, 6.07) is 0.0294. The third-order valence-corrected chi connectivity index (χ3v) is 8.01. The number of allylic oxidation sites excluding steroid dienone is 1. The number of carbonyl (C=O) groups excluding carboxylic acids is 3. The summed E-state index contributed by atoms with van der Waals surface area (Å²) in [7, 11) is 4.84. The average Bonchev–Trinajstić information content (AvgIpc) is 2.77. The molecule has 0 aromatic heterocycles. The molecule has 1 unspecified atom stereocenters. The van der Waals surface area contributed by atoms with Crippen LogP contribution in [0.5, 0.6) is 5.75 Å². The smallest absolute Gasteiger partial charge is 0.417 e. The van der Waals surface area contributed by atoms with Crippen molar-refractivity contribution in [3.8, 4) is 5.75 Å². The normalized spacial score (nSPS) is 25.3. The van der Waals surface area contributed by atoms with Crippen LogP contribution in [0.4, 0.5) is 13.2 Å². The van der Waals surface area contributed by atoms with E-state index in [0.717, 1.165) is 6.07 Å². The molecule has 1 saturated carbocycles. The maximum Gasteiger partial charge on any atom is 0.417 e. The number of quaternary nitrogens is 1. The number of Topliss-reactive ketones (excluding diaryl/α,β-unsaturated/α-hetero) is 2. The fourth-order valence-electron chi connectivity index (χ4n) is 6.67. The van der Waals surface area contributed by atoms with E-state index in [1.54, 1.807) is 26.0 Å². The Hall–Kier alpha value is -3.22. The topological polar surface area (TPSA) is 146 Å². The fraction of sp³-hybridized carbons (Fsp3) is 0.519. The number of carbonyl (C=O) groups is 3. The second-order valence-electron chi connectivity index (χ2n) is 10.9. The molecule has 0 aliphatic heterocycles. The molecule has 39 heavy (non-hydrogen) atoms. The van der Waals surface area contributed by atoms with Crippen LogP contribution in [0.2, 0.25) is 0 Å². The van der Waals surface area contributed by atoms with Crippen molar-refractivity contribution >= 4 is 23.2 Å². The van der Waals surface area contributed by atoms with Crippen molar-refractivity contribution in [3.05, 3.63) is 45.2 Å². The second kappa shape index (κ2) is 10.1. The number of phenolic OH excluding ortho intramolecular Hbond substituents is 1. The van der Waals surface area contributed by atoms with Gasteiger partial charge in [-0.1, -0.05) is 6.92 Å². The van der Waals surface area contributed by atoms with Gasteiger partial charge in [0.05, 0.1) is 23.1 Å². The zero-order chi connectivity index (χ0) is 29.1. The van der Waals surface area contributed by atoms with Crippen LogP contribution in [-0.4, -0.2) is 76.3 Å². The van der Waals surface area contributed by atoms with E-state index in [1.165, 1.54) is 4.90 Å². The Kier molecular flexibility index (Phi) is 7.43. The second-order valence-corrected chi connectivity index (χ2v) is 10.9. The molecule has 4 atom stereocenters. The van der Waals surface area contributed by atoms with Gasteiger partial charge in [0.15, 0.2) is 17.1 Å². The Morgan fingerprint density at radius 1 is 1.13 bits per heavy atom. The van der Waals surface area contributed by atoms with Crippen LogP contribution in [0.15, 0.2) is 23.0 Å². The fourth-order valence-corrected chi connectivity index (χ4v) is 6.67. The summed E-state index contributed by atoms with van der Waals surface area (Å²) in [4.78, 5) is 42.3. The van der Waals surface area contributed by atoms with E-state index in [-0.39, 0.29) is 36.1 Å². The predicted octanol–water partition coefficient (Wildman–Crippen LogP) is 1.99. The lowest BCUT2D eigenvalue weighted by Crippen LogP contribution is -2.63. The molecular weight excluding hydrogens is 519 g/mol. The van der Waals surface area contributed by atoms with E-state index >= 15 is 0 Å². The quantitative estimate of drug-likeness (QED) is 0.310. The lowest BCUT2D eigenvalue weighted by atomic mass is 9.59. The van der Waals surface area contributed by atoms with Crippen LogP contribution >= 0.6 is 0 Å². The Bertz CT molecular complexity index is 1320. The van der Waals surface area contributed by atoms with Crippen molar-refractivity contribution < 1.29 is 48.6 Å². The first kappa shape index (κ1) is 28.8. The summed E-state index contributed by atoms with van der Waals surface area (Å²) in [5.41, 5.74) is 0.486. The first-order valence-corrected chi connectivity index (χ1v) is 12.7. The van der Waals surface area contributed by atoms with Gasteiger partial charge in [-0.15, -0.1) is 0 Å². The molecule has 3 aliphatic rings. The minimum absolute atomic E-state index is 0.00940. The molecular formula is C27H33F3N3O6+. The van der Waals surface area contributed by atoms with Gasteiger partial charge in [-0.2, -0.15) is 13.2 Å². The summed E-state index contributed by atoms with van der Waals surface area (Å²) in [6.45, 7) is 2.33. The van der Waals surface area contributed by atoms with Gasteiger partial charge < -0.3 is 20.2 Å². The number of aliphatic hydroxyl groups is 2. The summed E-state index contributed by atoms with van der Waals surface area (Å²) in [5.74, 6) is -7.83. The maximum atomic E-state index is 14.5. The van der Waals surface area contributed by atoms with Crippen molar-refractivity contribution in [2.24, 2.45) is 17.8 Å². The Morgan fingerprint density at radius 3 is 2.31 bits per heavy atom. The Morgan fingerprint density at radius 2 is 1.77 bits per heavy atom. The third kappa shape index (κ3) is 4.64. The number of hydrogen-bond acceptors (Lipinski definition) is 8. The summed E-state index contributed by atoms with van der Waals surface area (Å²) in [5, 5.41) is 32.8. The minimum Gasteiger partial charge on any atom is -0.509 e. The molecule has 6 N–H and O–H groups in total. The standard InChI is InChI=1S/C27H32F3N3O6/c1-5-6-33(4)10-12-9-15(34)17-13(20(12)27(28,29)30)7-11-8-14-18(23(36)16(11)22(17)35)24(37)19(26(31)39)25(38)21(14)32(2)3/h9,11,14,18,21,34-35,38H,5-8,10H2,1-4H3,(H2,31,39)/p+1/t11-,14+,18?,21-/m0/s1. The summed E-state index contributed by atoms with van der Waals surface area (Å²) < 4.78 is 43.5. The highest BCUT2D eigenvalue weighted by Crippen LogP contribution is 2.52. The van der Waals surface area contributed by atoms with Crippen molar-refractivity contribution in [1.82, 2.24) is 9.80 Å². The molecule has 0 bridgehead atoms. The number of aromatic hydroxyl groups is 1. The monoisotopic (exact) mass is 552 g/mol. The molecule has 1 fully saturated rings. The lowest BCUT2D eigenvalue weighted by Gasteiger charge is -2.46. The van der Waals surface area contributed by atoms with E-state index < -0.39 is 81.4 Å². The molecule has 1 aromatic rings. The van der Waals surface area contributed by atoms with Crippen molar-refractivity contribution in [1.29, 1.82) is 0 Å². The third-order valence-electron chi connectivity index (χ3n) is 8.01. The van der Waals surface area contributed by atoms with Crippen LogP contribution in [0.3, 0.4) is 0 Å². The highest BCUT2D eigenvalue weighted by atomic mass is 19.4. The van der Waals surface area contributed by atoms with Crippen LogP contribution in [-0.2, 0) is 33.5 Å². The van der Waals surface area contributed by atoms with Gasteiger partial charge in [0.2, 0.25) is 0 Å². The molecule has 0 radical (unpaired) electrons. The minimum atomic E-state index is -4.81. The van der Waals surface area contributed by atoms with E-state index in [4.69, 9.17) is 0 Å². The molecule has 4 rings (SSSR count). The molecule has 12 heteroatoms. The average molecular weight is 553 g/mol. The number of aliphatic hydroxyl groups excluding tert-OH is 2. The molecule has 9 nitrogen and oxygen atoms in total. The molecule has 0 saturated heterocycles. The molecule has 3 aliphatic carbocycles. The number of nitrogens with zero attached hydrogens (tertiary/aromatic N) is 2. The number of hydrogen-bond donors (Lipinski definition) is 4. The van der Waals surface area contributed by atoms with Crippen LogP contribution in [0.25, 0.3) is 5.76 Å². The molecule has 1 aromatic carbocycles. The van der Waals surface area contributed by atoms with E-state index in [1.807, 2.05) is 6.92 Å². The Balaban J connectivity index is 1.91. The van der Waals surface area contributed by atoms with Gasteiger partial charge >= 0.3 is 12.1 Å². The van der Waals surface area contributed by atoms with Gasteiger partial charge in [0.1, 0.15) is 17.3 Å². The van der Waals surface area contributed by atoms with Crippen molar-refractivity contribution in [3.63, 3.8) is 0 Å². The van der Waals surface area contributed by atoms with Crippen LogP contribution < -0.4 is 5.73 Å². The van der Waals surface area contributed by atoms with Crippen molar-refractivity contribution in [2.75, 3.05) is 27.7 Å². The van der Waals surface area contributed by atoms with Gasteiger partial charge in [0.25, 0.3) is 0 Å². The number of benzene rings is 1. The van der Waals surface area contributed by atoms with Crippen molar-refractivity contribution in [2.45, 2.75) is 44.9 Å². The zero-order valence-corrected chi connectivity index (χ0v) is 22.2. The van der Waals surface area contributed by atoms with Gasteiger partial charge in [-0.25, -0.2) is 4.79 Å². The first-order chi connectivity index (χ1) is 18.1. The number of fused-ring (bicyclic) bond motifs is 3. The Labute approximate surface area is 223 Å². The highest BCUT2D eigenvalue weighted by Gasteiger charge is 2.57. The van der Waals surface area contributed by atoms with Gasteiger partial charge in [-0.05, 0) is 76.0 Å². The summed E-state index contributed by atoms with van der Waals surface area (Å²) >= 11 is 0. The number of amides is 1. The van der Waals surface area contributed by atoms with Crippen LogP contribution in [0, 0.1) is 17.8 Å². The van der Waals surface area contributed by atoms with E-state index in [9.17, 15) is 42.9 Å². The van der Waals surface area contributed by atoms with Gasteiger partial charge in [0, 0.05) is 12.1 Å². The number of rotatable bonds is 6. The number of halogens is 3. The largest absolute Gasteiger partial charge is 0.509 e.